The Labute approximate surface area is 174 Å². The van der Waals surface area contributed by atoms with E-state index >= 15 is 0 Å². The van der Waals surface area contributed by atoms with E-state index in [4.69, 9.17) is 11.6 Å². The Kier molecular flexibility index (Phi) is 7.42. The van der Waals surface area contributed by atoms with Crippen LogP contribution in [0.25, 0.3) is 0 Å². The molecule has 9 heteroatoms. The van der Waals surface area contributed by atoms with Crippen molar-refractivity contribution >= 4 is 17.5 Å². The van der Waals surface area contributed by atoms with Gasteiger partial charge in [0.15, 0.2) is 0 Å². The molecule has 0 aromatic heterocycles. The minimum absolute atomic E-state index is 0.0560. The summed E-state index contributed by atoms with van der Waals surface area (Å²) in [4.78, 5) is 16.7. The molecular formula is C20H28ClF3N4O. The van der Waals surface area contributed by atoms with Gasteiger partial charge in [0, 0.05) is 30.7 Å². The summed E-state index contributed by atoms with van der Waals surface area (Å²) < 4.78 is 38.9. The van der Waals surface area contributed by atoms with Gasteiger partial charge in [-0.1, -0.05) is 18.2 Å². The van der Waals surface area contributed by atoms with Crippen molar-refractivity contribution in [2.45, 2.75) is 49.1 Å². The number of benzene rings is 1. The SMILES string of the molecule is CN(C1CN(C2CCNCC2)C1)C(NC(=O)c1ccccc1)C(Cl)CC(F)(F)F. The van der Waals surface area contributed by atoms with Gasteiger partial charge >= 0.3 is 6.18 Å². The van der Waals surface area contributed by atoms with Crippen molar-refractivity contribution in [2.24, 2.45) is 0 Å². The number of likely N-dealkylation sites (N-methyl/N-ethyl adjacent to an activating group) is 1. The van der Waals surface area contributed by atoms with Gasteiger partial charge in [0.1, 0.15) is 0 Å². The number of likely N-dealkylation sites (tertiary alicyclic amines) is 1. The van der Waals surface area contributed by atoms with E-state index in [1.54, 1.807) is 42.3 Å². The largest absolute Gasteiger partial charge is 0.390 e. The van der Waals surface area contributed by atoms with Crippen molar-refractivity contribution in [3.05, 3.63) is 35.9 Å². The molecule has 1 amide bonds. The molecule has 0 bridgehead atoms. The van der Waals surface area contributed by atoms with Gasteiger partial charge < -0.3 is 10.6 Å². The number of rotatable bonds is 7. The minimum atomic E-state index is -4.40. The molecule has 162 valence electrons. The summed E-state index contributed by atoms with van der Waals surface area (Å²) in [7, 11) is 1.74. The van der Waals surface area contributed by atoms with Gasteiger partial charge in [-0.05, 0) is 45.1 Å². The van der Waals surface area contributed by atoms with Crippen LogP contribution in [0, 0.1) is 0 Å². The van der Waals surface area contributed by atoms with Gasteiger partial charge in [-0.25, -0.2) is 0 Å². The Morgan fingerprint density at radius 2 is 1.90 bits per heavy atom. The smallest absolute Gasteiger partial charge is 0.335 e. The highest BCUT2D eigenvalue weighted by atomic mass is 35.5. The number of nitrogens with zero attached hydrogens (tertiary/aromatic N) is 2. The summed E-state index contributed by atoms with van der Waals surface area (Å²) in [5, 5.41) is 4.78. The highest BCUT2D eigenvalue weighted by Crippen LogP contribution is 2.29. The molecule has 2 fully saturated rings. The van der Waals surface area contributed by atoms with E-state index in [9.17, 15) is 18.0 Å². The zero-order valence-electron chi connectivity index (χ0n) is 16.5. The molecule has 5 nitrogen and oxygen atoms in total. The number of hydrogen-bond donors (Lipinski definition) is 2. The van der Waals surface area contributed by atoms with Crippen LogP contribution in [0.3, 0.4) is 0 Å². The first-order valence-electron chi connectivity index (χ1n) is 9.98. The predicted molar refractivity (Wildman–Crippen MR) is 107 cm³/mol. The molecule has 29 heavy (non-hydrogen) atoms. The van der Waals surface area contributed by atoms with Crippen LogP contribution >= 0.6 is 11.6 Å². The Morgan fingerprint density at radius 3 is 2.48 bits per heavy atom. The van der Waals surface area contributed by atoms with E-state index in [1.165, 1.54) is 0 Å². The maximum atomic E-state index is 13.0. The van der Waals surface area contributed by atoms with Gasteiger partial charge in [-0.3, -0.25) is 14.6 Å². The standard InChI is InChI=1S/C20H28ClF3N4O/c1-27(16-12-28(13-16)15-7-9-25-10-8-15)18(17(21)11-20(22,23)24)26-19(29)14-5-3-2-4-6-14/h2-6,15-18,25H,7-13H2,1H3,(H,26,29). The third kappa shape index (κ3) is 6.07. The maximum absolute atomic E-state index is 13.0. The van der Waals surface area contributed by atoms with Crippen LogP contribution in [-0.4, -0.2) is 78.7 Å². The van der Waals surface area contributed by atoms with E-state index in [-0.39, 0.29) is 6.04 Å². The van der Waals surface area contributed by atoms with E-state index in [0.29, 0.717) is 11.6 Å². The Balaban J connectivity index is 1.64. The lowest BCUT2D eigenvalue weighted by molar-refractivity contribution is -0.139. The molecule has 1 aromatic carbocycles. The Bertz CT molecular complexity index is 663. The lowest BCUT2D eigenvalue weighted by atomic mass is 9.97. The number of halogens is 4. The second-order valence-electron chi connectivity index (χ2n) is 7.87. The maximum Gasteiger partial charge on any atom is 0.390 e. The number of piperidine rings is 1. The molecule has 2 N–H and O–H groups in total. The van der Waals surface area contributed by atoms with Crippen LogP contribution in [0.4, 0.5) is 13.2 Å². The molecule has 2 aliphatic rings. The van der Waals surface area contributed by atoms with Gasteiger partial charge in [0.05, 0.1) is 18.0 Å². The van der Waals surface area contributed by atoms with Gasteiger partial charge in [-0.15, -0.1) is 11.6 Å². The van der Waals surface area contributed by atoms with Crippen LogP contribution in [0.1, 0.15) is 29.6 Å². The summed E-state index contributed by atoms with van der Waals surface area (Å²) in [6.07, 6.45) is -4.31. The molecular weight excluding hydrogens is 405 g/mol. The molecule has 0 spiro atoms. The normalized spacial score (nSPS) is 21.6. The fourth-order valence-electron chi connectivity index (χ4n) is 4.03. The number of nitrogens with one attached hydrogen (secondary N) is 2. The number of hydrogen-bond acceptors (Lipinski definition) is 4. The molecule has 3 rings (SSSR count). The molecule has 2 unspecified atom stereocenters. The lowest BCUT2D eigenvalue weighted by Gasteiger charge is -2.51. The molecule has 0 saturated carbocycles. The van der Waals surface area contributed by atoms with E-state index < -0.39 is 30.0 Å². The fourth-order valence-corrected chi connectivity index (χ4v) is 4.45. The van der Waals surface area contributed by atoms with Crippen molar-refractivity contribution in [2.75, 3.05) is 33.2 Å². The van der Waals surface area contributed by atoms with Crippen molar-refractivity contribution < 1.29 is 18.0 Å². The monoisotopic (exact) mass is 432 g/mol. The zero-order chi connectivity index (χ0) is 21.0. The molecule has 0 aliphatic carbocycles. The van der Waals surface area contributed by atoms with Crippen molar-refractivity contribution in [1.82, 2.24) is 20.4 Å². The number of carbonyl (C=O) groups is 1. The van der Waals surface area contributed by atoms with Crippen LogP contribution in [-0.2, 0) is 0 Å². The fraction of sp³-hybridized carbons (Fsp3) is 0.650. The molecule has 0 radical (unpaired) electrons. The molecule has 1 aromatic rings. The molecule has 2 aliphatic heterocycles. The topological polar surface area (TPSA) is 47.6 Å². The minimum Gasteiger partial charge on any atom is -0.335 e. The number of carbonyl (C=O) groups excluding carboxylic acids is 1. The average Bonchev–Trinajstić information content (AvgIpc) is 2.64. The van der Waals surface area contributed by atoms with Crippen LogP contribution in [0.5, 0.6) is 0 Å². The number of amides is 1. The molecule has 2 saturated heterocycles. The van der Waals surface area contributed by atoms with Crippen LogP contribution < -0.4 is 10.6 Å². The summed E-state index contributed by atoms with van der Waals surface area (Å²) in [5.41, 5.74) is 0.395. The van der Waals surface area contributed by atoms with Crippen molar-refractivity contribution in [1.29, 1.82) is 0 Å². The van der Waals surface area contributed by atoms with E-state index in [2.05, 4.69) is 15.5 Å². The molecule has 2 heterocycles. The van der Waals surface area contributed by atoms with Crippen molar-refractivity contribution in [3.8, 4) is 0 Å². The summed E-state index contributed by atoms with van der Waals surface area (Å²) in [5.74, 6) is -0.426. The summed E-state index contributed by atoms with van der Waals surface area (Å²) >= 11 is 6.17. The van der Waals surface area contributed by atoms with E-state index in [1.807, 2.05) is 0 Å². The zero-order valence-corrected chi connectivity index (χ0v) is 17.2. The second-order valence-corrected chi connectivity index (χ2v) is 8.43. The third-order valence-electron chi connectivity index (χ3n) is 5.81. The van der Waals surface area contributed by atoms with E-state index in [0.717, 1.165) is 39.0 Å². The Morgan fingerprint density at radius 1 is 1.28 bits per heavy atom. The van der Waals surface area contributed by atoms with Crippen molar-refractivity contribution in [3.63, 3.8) is 0 Å². The highest BCUT2D eigenvalue weighted by Gasteiger charge is 2.42. The second kappa shape index (κ2) is 9.64. The lowest BCUT2D eigenvalue weighted by Crippen LogP contribution is -2.67. The highest BCUT2D eigenvalue weighted by molar-refractivity contribution is 6.21. The first-order chi connectivity index (χ1) is 13.7. The number of alkyl halides is 4. The van der Waals surface area contributed by atoms with Gasteiger partial charge in [-0.2, -0.15) is 13.2 Å². The van der Waals surface area contributed by atoms with Crippen LogP contribution in [0.2, 0.25) is 0 Å². The average molecular weight is 433 g/mol. The first-order valence-corrected chi connectivity index (χ1v) is 10.4. The first kappa shape index (κ1) is 22.3. The predicted octanol–water partition coefficient (Wildman–Crippen LogP) is 2.67. The third-order valence-corrected chi connectivity index (χ3v) is 6.21. The van der Waals surface area contributed by atoms with Gasteiger partial charge in [0.25, 0.3) is 5.91 Å². The molecule has 2 atom stereocenters. The van der Waals surface area contributed by atoms with Crippen LogP contribution in [0.15, 0.2) is 30.3 Å². The van der Waals surface area contributed by atoms with Gasteiger partial charge in [0.2, 0.25) is 0 Å². The summed E-state index contributed by atoms with van der Waals surface area (Å²) in [6, 6.07) is 9.02. The Hall–Kier alpha value is -1.35. The quantitative estimate of drug-likeness (QED) is 0.514. The summed E-state index contributed by atoms with van der Waals surface area (Å²) in [6.45, 7) is 3.53.